The monoisotopic (exact) mass is 523 g/mol. The lowest BCUT2D eigenvalue weighted by Gasteiger charge is -2.05. The number of aromatic nitrogens is 3. The molecule has 1 amide bonds. The number of anilines is 2. The molecule has 0 spiro atoms. The quantitative estimate of drug-likeness (QED) is 0.137. The number of hydrogen-bond acceptors (Lipinski definition) is 8. The Morgan fingerprint density at radius 1 is 1.28 bits per heavy atom. The van der Waals surface area contributed by atoms with Gasteiger partial charge in [-0.25, -0.2) is 10.1 Å². The average molecular weight is 523 g/mol. The Morgan fingerprint density at radius 3 is 2.79 bits per heavy atom. The van der Waals surface area contributed by atoms with Crippen molar-refractivity contribution in [2.75, 3.05) is 29.4 Å². The van der Waals surface area contributed by atoms with Crippen molar-refractivity contribution in [2.45, 2.75) is 5.16 Å². The Bertz CT molecular complexity index is 1010. The number of rotatable bonds is 8. The molecule has 0 aliphatic heterocycles. The minimum absolute atomic E-state index is 0.145. The van der Waals surface area contributed by atoms with Gasteiger partial charge in [0.1, 0.15) is 5.75 Å². The normalized spacial score (nSPS) is 10.8. The minimum Gasteiger partial charge on any atom is -0.496 e. The van der Waals surface area contributed by atoms with Crippen LogP contribution in [0.4, 0.5) is 11.6 Å². The molecule has 11 heteroatoms. The Balaban J connectivity index is 1.54. The third kappa shape index (κ3) is 5.84. The molecule has 0 aliphatic carbocycles. The number of hydrazone groups is 1. The Kier molecular flexibility index (Phi) is 7.30. The second-order valence-corrected chi connectivity index (χ2v) is 7.82. The summed E-state index contributed by atoms with van der Waals surface area (Å²) in [6.07, 6.45) is 1.59. The van der Waals surface area contributed by atoms with Gasteiger partial charge in [0, 0.05) is 14.8 Å². The van der Waals surface area contributed by atoms with Crippen LogP contribution in [0.3, 0.4) is 0 Å². The van der Waals surface area contributed by atoms with Crippen molar-refractivity contribution in [2.24, 2.45) is 5.10 Å². The van der Waals surface area contributed by atoms with E-state index in [4.69, 9.17) is 10.6 Å². The molecule has 0 aliphatic rings. The number of hydrogen-bond donors (Lipinski definition) is 3. The molecule has 3 aromatic rings. The van der Waals surface area contributed by atoms with Gasteiger partial charge in [-0.15, -0.1) is 10.2 Å². The van der Waals surface area contributed by atoms with Gasteiger partial charge in [0.15, 0.2) is 0 Å². The number of carbonyl (C=O) groups excluding carboxylic acids is 1. The van der Waals surface area contributed by atoms with Crippen LogP contribution >= 0.6 is 34.4 Å². The number of amides is 1. The van der Waals surface area contributed by atoms with Crippen molar-refractivity contribution in [3.05, 3.63) is 57.7 Å². The van der Waals surface area contributed by atoms with Gasteiger partial charge in [-0.3, -0.25) is 4.79 Å². The Labute approximate surface area is 185 Å². The number of benzene rings is 2. The number of ether oxygens (including phenoxy) is 1. The van der Waals surface area contributed by atoms with Crippen molar-refractivity contribution in [3.63, 3.8) is 0 Å². The summed E-state index contributed by atoms with van der Waals surface area (Å²) >= 11 is 3.38. The highest BCUT2D eigenvalue weighted by Crippen LogP contribution is 2.18. The summed E-state index contributed by atoms with van der Waals surface area (Å²) in [5, 5.41) is 15.2. The summed E-state index contributed by atoms with van der Waals surface area (Å²) in [6, 6.07) is 15.0. The molecule has 0 atom stereocenters. The van der Waals surface area contributed by atoms with Crippen LogP contribution in [0, 0.1) is 3.57 Å². The molecule has 4 N–H and O–H groups in total. The lowest BCUT2D eigenvalue weighted by Crippen LogP contribution is -2.16. The van der Waals surface area contributed by atoms with Crippen LogP contribution in [-0.4, -0.2) is 39.9 Å². The maximum absolute atomic E-state index is 12.1. The van der Waals surface area contributed by atoms with Gasteiger partial charge in [0.2, 0.25) is 11.1 Å². The van der Waals surface area contributed by atoms with E-state index in [1.54, 1.807) is 13.3 Å². The van der Waals surface area contributed by atoms with Crippen molar-refractivity contribution < 1.29 is 9.53 Å². The molecule has 2 aromatic carbocycles. The van der Waals surface area contributed by atoms with E-state index in [2.05, 4.69) is 48.6 Å². The fourth-order valence-corrected chi connectivity index (χ4v) is 3.26. The van der Waals surface area contributed by atoms with Crippen molar-refractivity contribution in [1.29, 1.82) is 0 Å². The molecule has 0 saturated heterocycles. The van der Waals surface area contributed by atoms with Gasteiger partial charge >= 0.3 is 0 Å². The molecule has 1 heterocycles. The fraction of sp³-hybridized carbons (Fsp3) is 0.111. The highest BCUT2D eigenvalue weighted by atomic mass is 127. The molecular formula is C18H18IN7O2S. The fourth-order valence-electron chi connectivity index (χ4n) is 2.24. The summed E-state index contributed by atoms with van der Waals surface area (Å²) in [5.41, 5.74) is 4.26. The van der Waals surface area contributed by atoms with Gasteiger partial charge in [-0.05, 0) is 59.0 Å². The van der Waals surface area contributed by atoms with E-state index in [1.165, 1.54) is 16.4 Å². The summed E-state index contributed by atoms with van der Waals surface area (Å²) in [7, 11) is 1.59. The van der Waals surface area contributed by atoms with E-state index >= 15 is 0 Å². The summed E-state index contributed by atoms with van der Waals surface area (Å²) in [6.45, 7) is 0. The standard InChI is InChI=1S/C18H18IN7O2S/c1-28-15-5-3-2-4-12(15)10-21-23-17-24-25-18(26(17)20)29-11-16(27)22-14-8-6-13(19)7-9-14/h2-10H,11,20H2,1H3,(H,22,27)(H,23,24)/b21-10+. The third-order valence-corrected chi connectivity index (χ3v) is 5.29. The van der Waals surface area contributed by atoms with Crippen LogP contribution in [0.25, 0.3) is 0 Å². The molecule has 1 aromatic heterocycles. The summed E-state index contributed by atoms with van der Waals surface area (Å²) in [4.78, 5) is 12.1. The lowest BCUT2D eigenvalue weighted by molar-refractivity contribution is -0.113. The topological polar surface area (TPSA) is 119 Å². The predicted octanol–water partition coefficient (Wildman–Crippen LogP) is 2.78. The number of nitrogens with zero attached hydrogens (tertiary/aromatic N) is 4. The van der Waals surface area contributed by atoms with Crippen molar-refractivity contribution >= 4 is 58.1 Å². The van der Waals surface area contributed by atoms with Gasteiger partial charge in [0.25, 0.3) is 5.95 Å². The summed E-state index contributed by atoms with van der Waals surface area (Å²) in [5.74, 6) is 6.90. The van der Waals surface area contributed by atoms with Crippen LogP contribution in [0.15, 0.2) is 58.8 Å². The molecule has 0 bridgehead atoms. The SMILES string of the molecule is COc1ccccc1/C=N/Nc1nnc(SCC(=O)Nc2ccc(I)cc2)n1N. The van der Waals surface area contributed by atoms with E-state index in [1.807, 2.05) is 48.5 Å². The van der Waals surface area contributed by atoms with Crippen LogP contribution in [0.5, 0.6) is 5.75 Å². The highest BCUT2D eigenvalue weighted by Gasteiger charge is 2.12. The average Bonchev–Trinajstić information content (AvgIpc) is 3.08. The first kappa shape index (κ1) is 20.9. The molecule has 0 radical (unpaired) electrons. The number of nitrogens with two attached hydrogens (primary N) is 1. The van der Waals surface area contributed by atoms with Crippen LogP contribution < -0.4 is 21.3 Å². The molecular weight excluding hydrogens is 505 g/mol. The first-order chi connectivity index (χ1) is 14.1. The number of thioether (sulfide) groups is 1. The molecule has 29 heavy (non-hydrogen) atoms. The minimum atomic E-state index is -0.164. The predicted molar refractivity (Wildman–Crippen MR) is 123 cm³/mol. The Morgan fingerprint density at radius 2 is 2.03 bits per heavy atom. The maximum Gasteiger partial charge on any atom is 0.264 e. The highest BCUT2D eigenvalue weighted by molar-refractivity contribution is 14.1. The van der Waals surface area contributed by atoms with E-state index in [0.29, 0.717) is 10.9 Å². The molecule has 3 rings (SSSR count). The molecule has 0 saturated carbocycles. The van der Waals surface area contributed by atoms with Crippen LogP contribution in [0.2, 0.25) is 0 Å². The van der Waals surface area contributed by atoms with Gasteiger partial charge < -0.3 is 15.9 Å². The van der Waals surface area contributed by atoms with Gasteiger partial charge in [0.05, 0.1) is 19.1 Å². The van der Waals surface area contributed by atoms with Crippen LogP contribution in [0.1, 0.15) is 5.56 Å². The van der Waals surface area contributed by atoms with Gasteiger partial charge in [-0.2, -0.15) is 5.10 Å². The van der Waals surface area contributed by atoms with Gasteiger partial charge in [-0.1, -0.05) is 23.9 Å². The molecule has 150 valence electrons. The number of nitrogens with one attached hydrogen (secondary N) is 2. The number of carbonyl (C=O) groups is 1. The number of halogens is 1. The van der Waals surface area contributed by atoms with E-state index < -0.39 is 0 Å². The largest absolute Gasteiger partial charge is 0.496 e. The van der Waals surface area contributed by atoms with E-state index in [0.717, 1.165) is 14.8 Å². The first-order valence-corrected chi connectivity index (χ1v) is 10.4. The lowest BCUT2D eigenvalue weighted by atomic mass is 10.2. The van der Waals surface area contributed by atoms with Crippen molar-refractivity contribution in [1.82, 2.24) is 14.9 Å². The second kappa shape index (κ2) is 10.1. The molecule has 9 nitrogen and oxygen atoms in total. The van der Waals surface area contributed by atoms with E-state index in [9.17, 15) is 4.79 Å². The number of para-hydroxylation sites is 1. The van der Waals surface area contributed by atoms with Crippen molar-refractivity contribution in [3.8, 4) is 5.75 Å². The zero-order valence-corrected chi connectivity index (χ0v) is 18.3. The zero-order chi connectivity index (χ0) is 20.6. The second-order valence-electron chi connectivity index (χ2n) is 5.63. The third-order valence-electron chi connectivity index (χ3n) is 3.63. The molecule has 0 fully saturated rings. The maximum atomic E-state index is 12.1. The number of nitrogen functional groups attached to an aromatic ring is 1. The Hall–Kier alpha value is -2.80. The van der Waals surface area contributed by atoms with Crippen LogP contribution in [-0.2, 0) is 4.79 Å². The first-order valence-electron chi connectivity index (χ1n) is 8.37. The number of methoxy groups -OCH3 is 1. The van der Waals surface area contributed by atoms with E-state index in [-0.39, 0.29) is 17.6 Å². The smallest absolute Gasteiger partial charge is 0.264 e. The molecule has 0 unspecified atom stereocenters. The zero-order valence-electron chi connectivity index (χ0n) is 15.4. The summed E-state index contributed by atoms with van der Waals surface area (Å²) < 4.78 is 7.60.